The molecule has 3 fully saturated rings. The van der Waals surface area contributed by atoms with Crippen LogP contribution in [0.5, 0.6) is 0 Å². The molecule has 0 unspecified atom stereocenters. The number of hydrogen-bond acceptors (Lipinski definition) is 6. The van der Waals surface area contributed by atoms with Crippen molar-refractivity contribution in [1.29, 1.82) is 0 Å². The summed E-state index contributed by atoms with van der Waals surface area (Å²) < 4.78 is 15.4. The SMILES string of the molecule is CCOC(=O)[C@H]1O[C@@H]1C(=O)N[C@@H](CC1CCCCC1)C(=O)N1CCOCC1. The molecule has 2 amide bonds. The van der Waals surface area contributed by atoms with Crippen molar-refractivity contribution >= 4 is 17.8 Å². The highest BCUT2D eigenvalue weighted by molar-refractivity contribution is 5.95. The minimum atomic E-state index is -0.851. The number of carbonyl (C=O) groups excluding carboxylic acids is 3. The van der Waals surface area contributed by atoms with Gasteiger partial charge >= 0.3 is 5.97 Å². The van der Waals surface area contributed by atoms with E-state index in [1.54, 1.807) is 11.8 Å². The molecular formula is C19H30N2O6. The highest BCUT2D eigenvalue weighted by Gasteiger charge is 2.52. The van der Waals surface area contributed by atoms with Gasteiger partial charge in [0.1, 0.15) is 6.04 Å². The third-order valence-corrected chi connectivity index (χ3v) is 5.50. The quantitative estimate of drug-likeness (QED) is 0.512. The van der Waals surface area contributed by atoms with Gasteiger partial charge in [-0.3, -0.25) is 9.59 Å². The van der Waals surface area contributed by atoms with E-state index in [4.69, 9.17) is 14.2 Å². The third-order valence-electron chi connectivity index (χ3n) is 5.50. The van der Waals surface area contributed by atoms with E-state index >= 15 is 0 Å². The smallest absolute Gasteiger partial charge is 0.338 e. The fourth-order valence-corrected chi connectivity index (χ4v) is 3.95. The van der Waals surface area contributed by atoms with Gasteiger partial charge in [0.15, 0.2) is 12.2 Å². The third kappa shape index (κ3) is 5.42. The Morgan fingerprint density at radius 1 is 1.11 bits per heavy atom. The van der Waals surface area contributed by atoms with Crippen LogP contribution in [-0.4, -0.2) is 73.8 Å². The molecule has 0 bridgehead atoms. The summed E-state index contributed by atoms with van der Waals surface area (Å²) in [6.07, 6.45) is 4.71. The molecule has 8 nitrogen and oxygen atoms in total. The second-order valence-corrected chi connectivity index (χ2v) is 7.47. The Balaban J connectivity index is 1.59. The number of ether oxygens (including phenoxy) is 3. The van der Waals surface area contributed by atoms with Gasteiger partial charge in [0, 0.05) is 13.1 Å². The Hall–Kier alpha value is -1.67. The second kappa shape index (κ2) is 9.50. The van der Waals surface area contributed by atoms with E-state index in [2.05, 4.69) is 5.32 Å². The van der Waals surface area contributed by atoms with Crippen molar-refractivity contribution < 1.29 is 28.6 Å². The fraction of sp³-hybridized carbons (Fsp3) is 0.842. The van der Waals surface area contributed by atoms with E-state index in [9.17, 15) is 14.4 Å². The molecule has 2 aliphatic heterocycles. The van der Waals surface area contributed by atoms with Crippen LogP contribution in [0.1, 0.15) is 45.4 Å². The molecule has 2 heterocycles. The molecule has 3 atom stereocenters. The number of nitrogens with one attached hydrogen (secondary N) is 1. The first kappa shape index (κ1) is 20.1. The van der Waals surface area contributed by atoms with Crippen LogP contribution in [0.2, 0.25) is 0 Å². The first-order valence-electron chi connectivity index (χ1n) is 10.1. The summed E-state index contributed by atoms with van der Waals surface area (Å²) in [6.45, 7) is 4.07. The minimum absolute atomic E-state index is 0.0643. The van der Waals surface area contributed by atoms with Gasteiger partial charge in [-0.1, -0.05) is 32.1 Å². The molecule has 152 valence electrons. The summed E-state index contributed by atoms with van der Waals surface area (Å²) >= 11 is 0. The molecule has 0 radical (unpaired) electrons. The van der Waals surface area contributed by atoms with E-state index in [0.717, 1.165) is 12.8 Å². The number of carbonyl (C=O) groups is 3. The number of morpholine rings is 1. The molecule has 27 heavy (non-hydrogen) atoms. The van der Waals surface area contributed by atoms with Crippen LogP contribution in [0.3, 0.4) is 0 Å². The van der Waals surface area contributed by atoms with Gasteiger partial charge in [-0.2, -0.15) is 0 Å². The lowest BCUT2D eigenvalue weighted by atomic mass is 9.84. The lowest BCUT2D eigenvalue weighted by Gasteiger charge is -2.33. The van der Waals surface area contributed by atoms with Gasteiger partial charge in [-0.25, -0.2) is 4.79 Å². The lowest BCUT2D eigenvalue weighted by Crippen LogP contribution is -2.53. The van der Waals surface area contributed by atoms with Crippen molar-refractivity contribution in [1.82, 2.24) is 10.2 Å². The van der Waals surface area contributed by atoms with Crippen molar-refractivity contribution in [3.8, 4) is 0 Å². The topological polar surface area (TPSA) is 97.5 Å². The van der Waals surface area contributed by atoms with Crippen molar-refractivity contribution in [2.24, 2.45) is 5.92 Å². The highest BCUT2D eigenvalue weighted by Crippen LogP contribution is 2.29. The predicted octanol–water partition coefficient (Wildman–Crippen LogP) is 0.631. The Morgan fingerprint density at radius 2 is 1.81 bits per heavy atom. The van der Waals surface area contributed by atoms with E-state index < -0.39 is 30.1 Å². The van der Waals surface area contributed by atoms with Gasteiger partial charge in [0.2, 0.25) is 5.91 Å². The first-order chi connectivity index (χ1) is 13.1. The average Bonchev–Trinajstić information content (AvgIpc) is 3.50. The summed E-state index contributed by atoms with van der Waals surface area (Å²) in [5.74, 6) is -0.558. The molecule has 0 spiro atoms. The zero-order valence-corrected chi connectivity index (χ0v) is 16.0. The highest BCUT2D eigenvalue weighted by atomic mass is 16.6. The second-order valence-electron chi connectivity index (χ2n) is 7.47. The molecule has 2 saturated heterocycles. The molecule has 3 rings (SSSR count). The van der Waals surface area contributed by atoms with E-state index in [1.165, 1.54) is 19.3 Å². The van der Waals surface area contributed by atoms with Crippen LogP contribution in [0.15, 0.2) is 0 Å². The van der Waals surface area contributed by atoms with Crippen molar-refractivity contribution in [3.05, 3.63) is 0 Å². The van der Waals surface area contributed by atoms with Crippen LogP contribution in [-0.2, 0) is 28.6 Å². The predicted molar refractivity (Wildman–Crippen MR) is 95.8 cm³/mol. The number of rotatable bonds is 7. The van der Waals surface area contributed by atoms with Crippen LogP contribution in [0.4, 0.5) is 0 Å². The summed E-state index contributed by atoms with van der Waals surface area (Å²) in [4.78, 5) is 39.0. The zero-order valence-electron chi connectivity index (χ0n) is 16.0. The van der Waals surface area contributed by atoms with E-state index in [-0.39, 0.29) is 12.5 Å². The maximum atomic E-state index is 13.0. The van der Waals surface area contributed by atoms with Gasteiger partial charge in [-0.05, 0) is 19.3 Å². The largest absolute Gasteiger partial charge is 0.464 e. The summed E-state index contributed by atoms with van der Waals surface area (Å²) in [7, 11) is 0. The standard InChI is InChI=1S/C19H30N2O6/c1-2-26-19(24)16-15(27-16)17(22)20-14(12-13-6-4-3-5-7-13)18(23)21-8-10-25-11-9-21/h13-16H,2-12H2,1H3,(H,20,22)/t14-,15-,16-/m0/s1. The number of amides is 2. The normalized spacial score (nSPS) is 26.9. The molecular weight excluding hydrogens is 352 g/mol. The van der Waals surface area contributed by atoms with Crippen LogP contribution in [0, 0.1) is 5.92 Å². The molecule has 0 aromatic carbocycles. The zero-order chi connectivity index (χ0) is 19.2. The molecule has 1 aliphatic carbocycles. The minimum Gasteiger partial charge on any atom is -0.464 e. The van der Waals surface area contributed by atoms with Crippen LogP contribution in [0.25, 0.3) is 0 Å². The van der Waals surface area contributed by atoms with Gasteiger partial charge in [0.05, 0.1) is 19.8 Å². The number of esters is 1. The number of epoxide rings is 1. The summed E-state index contributed by atoms with van der Waals surface area (Å²) in [5.41, 5.74) is 0. The van der Waals surface area contributed by atoms with E-state index in [1.807, 2.05) is 0 Å². The fourth-order valence-electron chi connectivity index (χ4n) is 3.95. The summed E-state index contributed by atoms with van der Waals surface area (Å²) in [5, 5.41) is 2.85. The van der Waals surface area contributed by atoms with E-state index in [0.29, 0.717) is 38.6 Å². The maximum absolute atomic E-state index is 13.0. The number of hydrogen-bond donors (Lipinski definition) is 1. The molecule has 3 aliphatic rings. The van der Waals surface area contributed by atoms with Gasteiger partial charge in [0.25, 0.3) is 5.91 Å². The Kier molecular flexibility index (Phi) is 7.07. The summed E-state index contributed by atoms with van der Waals surface area (Å²) in [6, 6.07) is -0.578. The average molecular weight is 382 g/mol. The lowest BCUT2D eigenvalue weighted by molar-refractivity contribution is -0.144. The number of nitrogens with zero attached hydrogens (tertiary/aromatic N) is 1. The Labute approximate surface area is 159 Å². The van der Waals surface area contributed by atoms with Crippen LogP contribution >= 0.6 is 0 Å². The van der Waals surface area contributed by atoms with Gasteiger partial charge in [-0.15, -0.1) is 0 Å². The van der Waals surface area contributed by atoms with Crippen molar-refractivity contribution in [2.75, 3.05) is 32.9 Å². The molecule has 8 heteroatoms. The van der Waals surface area contributed by atoms with Crippen molar-refractivity contribution in [3.63, 3.8) is 0 Å². The molecule has 0 aromatic rings. The van der Waals surface area contributed by atoms with Gasteiger partial charge < -0.3 is 24.4 Å². The Bertz CT molecular complexity index is 542. The molecule has 0 aromatic heterocycles. The van der Waals surface area contributed by atoms with Crippen molar-refractivity contribution in [2.45, 2.75) is 63.7 Å². The van der Waals surface area contributed by atoms with Crippen LogP contribution < -0.4 is 5.32 Å². The maximum Gasteiger partial charge on any atom is 0.338 e. The first-order valence-corrected chi connectivity index (χ1v) is 10.1. The molecule has 1 saturated carbocycles. The monoisotopic (exact) mass is 382 g/mol. The molecule has 1 N–H and O–H groups in total. The Morgan fingerprint density at radius 3 is 2.48 bits per heavy atom.